The molecule has 1 aromatic heterocycles. The first-order valence-corrected chi connectivity index (χ1v) is 7.73. The van der Waals surface area contributed by atoms with Crippen molar-refractivity contribution in [3.05, 3.63) is 22.4 Å². The van der Waals surface area contributed by atoms with Crippen LogP contribution in [0.25, 0.3) is 0 Å². The molecule has 1 spiro atoms. The average Bonchev–Trinajstić information content (AvgIpc) is 3.01. The van der Waals surface area contributed by atoms with Gasteiger partial charge in [-0.2, -0.15) is 0 Å². The average molecular weight is 266 g/mol. The molecule has 3 heterocycles. The summed E-state index contributed by atoms with van der Waals surface area (Å²) in [6, 6.07) is 4.94. The lowest BCUT2D eigenvalue weighted by atomic mass is 9.88. The van der Waals surface area contributed by atoms with Gasteiger partial charge in [0.15, 0.2) is 0 Å². The maximum Gasteiger partial charge on any atom is 0.0723 e. The first-order valence-electron chi connectivity index (χ1n) is 6.85. The van der Waals surface area contributed by atoms with Gasteiger partial charge in [0.25, 0.3) is 0 Å². The summed E-state index contributed by atoms with van der Waals surface area (Å²) >= 11 is 1.84. The van der Waals surface area contributed by atoms with Crippen LogP contribution in [0.3, 0.4) is 0 Å². The quantitative estimate of drug-likeness (QED) is 0.906. The Labute approximate surface area is 113 Å². The van der Waals surface area contributed by atoms with E-state index in [1.54, 1.807) is 0 Å². The molecule has 3 nitrogen and oxygen atoms in total. The van der Waals surface area contributed by atoms with Crippen molar-refractivity contribution >= 4 is 11.3 Å². The fourth-order valence-corrected chi connectivity index (χ4v) is 3.88. The molecule has 18 heavy (non-hydrogen) atoms. The van der Waals surface area contributed by atoms with Crippen molar-refractivity contribution in [1.29, 1.82) is 0 Å². The van der Waals surface area contributed by atoms with E-state index in [1.807, 2.05) is 11.3 Å². The minimum atomic E-state index is 0.180. The van der Waals surface area contributed by atoms with E-state index in [2.05, 4.69) is 34.8 Å². The second-order valence-corrected chi connectivity index (χ2v) is 6.63. The summed E-state index contributed by atoms with van der Waals surface area (Å²) < 4.78 is 6.16. The Morgan fingerprint density at radius 1 is 1.50 bits per heavy atom. The summed E-state index contributed by atoms with van der Waals surface area (Å²) in [5.41, 5.74) is 0.180. The number of thiophene rings is 1. The molecule has 1 N–H and O–H groups in total. The highest BCUT2D eigenvalue weighted by Crippen LogP contribution is 2.36. The summed E-state index contributed by atoms with van der Waals surface area (Å²) in [7, 11) is 2.23. The molecular weight excluding hydrogens is 244 g/mol. The van der Waals surface area contributed by atoms with Crippen LogP contribution in [0.4, 0.5) is 0 Å². The molecule has 0 amide bonds. The van der Waals surface area contributed by atoms with Crippen molar-refractivity contribution in [1.82, 2.24) is 10.2 Å². The summed E-state index contributed by atoms with van der Waals surface area (Å²) in [5, 5.41) is 5.58. The predicted octanol–water partition coefficient (Wildman–Crippen LogP) is 2.09. The number of ether oxygens (including phenoxy) is 1. The van der Waals surface area contributed by atoms with Crippen LogP contribution in [-0.4, -0.2) is 43.3 Å². The van der Waals surface area contributed by atoms with E-state index >= 15 is 0 Å². The molecule has 2 aliphatic heterocycles. The summed E-state index contributed by atoms with van der Waals surface area (Å²) in [6.45, 7) is 4.19. The Hall–Kier alpha value is -0.420. The normalized spacial score (nSPS) is 27.1. The van der Waals surface area contributed by atoms with Gasteiger partial charge in [0.1, 0.15) is 0 Å². The maximum atomic E-state index is 6.16. The number of nitrogens with one attached hydrogen (secondary N) is 1. The Kier molecular flexibility index (Phi) is 3.71. The van der Waals surface area contributed by atoms with Gasteiger partial charge in [0.05, 0.1) is 12.2 Å². The van der Waals surface area contributed by atoms with E-state index < -0.39 is 0 Å². The highest BCUT2D eigenvalue weighted by molar-refractivity contribution is 7.09. The van der Waals surface area contributed by atoms with Crippen molar-refractivity contribution in [2.75, 3.05) is 26.7 Å². The molecule has 0 radical (unpaired) electrons. The molecular formula is C14H22N2OS. The molecule has 2 fully saturated rings. The highest BCUT2D eigenvalue weighted by Gasteiger charge is 2.42. The molecule has 0 aliphatic carbocycles. The molecule has 0 aromatic carbocycles. The molecule has 2 saturated heterocycles. The van der Waals surface area contributed by atoms with Gasteiger partial charge in [0, 0.05) is 17.5 Å². The van der Waals surface area contributed by atoms with Crippen LogP contribution in [0, 0.1) is 0 Å². The van der Waals surface area contributed by atoms with Gasteiger partial charge in [-0.3, -0.25) is 4.90 Å². The Balaban J connectivity index is 1.57. The lowest BCUT2D eigenvalue weighted by molar-refractivity contribution is -0.0201. The summed E-state index contributed by atoms with van der Waals surface area (Å²) in [5.74, 6) is 0. The van der Waals surface area contributed by atoms with Crippen LogP contribution >= 0.6 is 11.3 Å². The number of hydrogen-bond acceptors (Lipinski definition) is 4. The Bertz CT molecular complexity index is 373. The first-order chi connectivity index (χ1) is 8.77. The molecule has 0 saturated carbocycles. The number of piperidine rings is 1. The van der Waals surface area contributed by atoms with Gasteiger partial charge >= 0.3 is 0 Å². The van der Waals surface area contributed by atoms with E-state index in [0.29, 0.717) is 6.04 Å². The van der Waals surface area contributed by atoms with Crippen molar-refractivity contribution < 1.29 is 4.74 Å². The zero-order valence-corrected chi connectivity index (χ0v) is 11.8. The molecule has 100 valence electrons. The zero-order chi connectivity index (χ0) is 12.4. The minimum absolute atomic E-state index is 0.180. The SMILES string of the molecule is CN(Cc1cccs1)C1COC2(CCNCC2)C1. The van der Waals surface area contributed by atoms with Crippen molar-refractivity contribution in [3.63, 3.8) is 0 Å². The van der Waals surface area contributed by atoms with Crippen molar-refractivity contribution in [3.8, 4) is 0 Å². The third-order valence-electron chi connectivity index (χ3n) is 4.31. The minimum Gasteiger partial charge on any atom is -0.373 e. The first kappa shape index (κ1) is 12.6. The number of rotatable bonds is 3. The molecule has 1 atom stereocenters. The molecule has 1 unspecified atom stereocenters. The molecule has 0 bridgehead atoms. The largest absolute Gasteiger partial charge is 0.373 e. The third kappa shape index (κ3) is 2.62. The van der Waals surface area contributed by atoms with E-state index in [1.165, 1.54) is 24.1 Å². The van der Waals surface area contributed by atoms with Crippen LogP contribution in [-0.2, 0) is 11.3 Å². The van der Waals surface area contributed by atoms with Crippen LogP contribution in [0.2, 0.25) is 0 Å². The van der Waals surface area contributed by atoms with Gasteiger partial charge in [-0.1, -0.05) is 6.07 Å². The van der Waals surface area contributed by atoms with Crippen molar-refractivity contribution in [2.45, 2.75) is 37.5 Å². The predicted molar refractivity (Wildman–Crippen MR) is 75.0 cm³/mol. The second-order valence-electron chi connectivity index (χ2n) is 5.60. The fourth-order valence-electron chi connectivity index (χ4n) is 3.11. The summed E-state index contributed by atoms with van der Waals surface area (Å²) in [4.78, 5) is 3.91. The van der Waals surface area contributed by atoms with Crippen molar-refractivity contribution in [2.24, 2.45) is 0 Å². The van der Waals surface area contributed by atoms with E-state index in [4.69, 9.17) is 4.74 Å². The lowest BCUT2D eigenvalue weighted by Crippen LogP contribution is -2.42. The maximum absolute atomic E-state index is 6.16. The van der Waals surface area contributed by atoms with E-state index in [9.17, 15) is 0 Å². The molecule has 1 aromatic rings. The molecule has 3 rings (SSSR count). The van der Waals surface area contributed by atoms with Gasteiger partial charge in [-0.25, -0.2) is 0 Å². The van der Waals surface area contributed by atoms with Gasteiger partial charge in [0.2, 0.25) is 0 Å². The standard InChI is InChI=1S/C14H22N2OS/c1-16(10-13-3-2-8-18-13)12-9-14(17-11-12)4-6-15-7-5-14/h2-3,8,12,15H,4-7,9-11H2,1H3. The second kappa shape index (κ2) is 5.29. The Morgan fingerprint density at radius 3 is 3.06 bits per heavy atom. The van der Waals surface area contributed by atoms with Crippen LogP contribution in [0.1, 0.15) is 24.1 Å². The number of hydrogen-bond donors (Lipinski definition) is 1. The smallest absolute Gasteiger partial charge is 0.0723 e. The third-order valence-corrected chi connectivity index (χ3v) is 5.17. The molecule has 4 heteroatoms. The van der Waals surface area contributed by atoms with Gasteiger partial charge < -0.3 is 10.1 Å². The summed E-state index contributed by atoms with van der Waals surface area (Å²) in [6.07, 6.45) is 3.56. The Morgan fingerprint density at radius 2 is 2.33 bits per heavy atom. The van der Waals surface area contributed by atoms with E-state index in [-0.39, 0.29) is 5.60 Å². The topological polar surface area (TPSA) is 24.5 Å². The molecule has 2 aliphatic rings. The van der Waals surface area contributed by atoms with E-state index in [0.717, 1.165) is 26.2 Å². The van der Waals surface area contributed by atoms with Crippen LogP contribution in [0.5, 0.6) is 0 Å². The lowest BCUT2D eigenvalue weighted by Gasteiger charge is -2.33. The van der Waals surface area contributed by atoms with Crippen LogP contribution in [0.15, 0.2) is 17.5 Å². The van der Waals surface area contributed by atoms with Gasteiger partial charge in [-0.15, -0.1) is 11.3 Å². The fraction of sp³-hybridized carbons (Fsp3) is 0.714. The highest BCUT2D eigenvalue weighted by atomic mass is 32.1. The monoisotopic (exact) mass is 266 g/mol. The van der Waals surface area contributed by atoms with Gasteiger partial charge in [-0.05, 0) is 50.8 Å². The van der Waals surface area contributed by atoms with Crippen LogP contribution < -0.4 is 5.32 Å². The zero-order valence-electron chi connectivity index (χ0n) is 11.0. The number of nitrogens with zero attached hydrogens (tertiary/aromatic N) is 1. The number of likely N-dealkylation sites (N-methyl/N-ethyl adjacent to an activating group) is 1.